The van der Waals surface area contributed by atoms with Crippen LogP contribution < -0.4 is 9.47 Å². The zero-order valence-electron chi connectivity index (χ0n) is 16.8. The number of carboxylic acids is 1. The van der Waals surface area contributed by atoms with Gasteiger partial charge in [0.25, 0.3) is 5.56 Å². The van der Waals surface area contributed by atoms with Crippen LogP contribution in [0.3, 0.4) is 0 Å². The predicted molar refractivity (Wildman–Crippen MR) is 123 cm³/mol. The molecule has 0 saturated carbocycles. The SMILES string of the molecule is O=C(O)[C@H](Cl)Oc1cccc(-n2c(Cl)c(-c3ccc(Cl)cc3)c3ccc(OC(F)(F)F)cc32)c1. The van der Waals surface area contributed by atoms with Crippen LogP contribution in [0.5, 0.6) is 11.5 Å². The Morgan fingerprint density at radius 1 is 0.971 bits per heavy atom. The first-order valence-corrected chi connectivity index (χ1v) is 10.7. The van der Waals surface area contributed by atoms with Gasteiger partial charge in [-0.25, -0.2) is 4.79 Å². The Morgan fingerprint density at radius 3 is 2.32 bits per heavy atom. The predicted octanol–water partition coefficient (Wildman–Crippen LogP) is 7.53. The zero-order valence-corrected chi connectivity index (χ0v) is 19.1. The third kappa shape index (κ3) is 5.04. The van der Waals surface area contributed by atoms with Crippen molar-refractivity contribution in [3.05, 3.63) is 76.9 Å². The summed E-state index contributed by atoms with van der Waals surface area (Å²) < 4.78 is 49.3. The number of benzene rings is 3. The molecule has 0 spiro atoms. The van der Waals surface area contributed by atoms with Crippen molar-refractivity contribution in [2.75, 3.05) is 0 Å². The van der Waals surface area contributed by atoms with E-state index in [1.165, 1.54) is 34.9 Å². The molecule has 0 radical (unpaired) electrons. The smallest absolute Gasteiger partial charge is 0.478 e. The van der Waals surface area contributed by atoms with Crippen LogP contribution in [0, 0.1) is 0 Å². The van der Waals surface area contributed by atoms with Gasteiger partial charge in [-0.2, -0.15) is 0 Å². The van der Waals surface area contributed by atoms with Crippen LogP contribution in [0.15, 0.2) is 66.7 Å². The van der Waals surface area contributed by atoms with Crippen LogP contribution in [0.2, 0.25) is 10.2 Å². The van der Waals surface area contributed by atoms with Gasteiger partial charge in [-0.05, 0) is 42.0 Å². The van der Waals surface area contributed by atoms with Crippen molar-refractivity contribution in [1.82, 2.24) is 4.57 Å². The fourth-order valence-corrected chi connectivity index (χ4v) is 4.07. The topological polar surface area (TPSA) is 60.7 Å². The molecule has 4 aromatic rings. The highest BCUT2D eigenvalue weighted by Gasteiger charge is 2.31. The number of hydrogen-bond acceptors (Lipinski definition) is 3. The molecular weight excluding hydrogens is 518 g/mol. The van der Waals surface area contributed by atoms with Gasteiger partial charge in [0.2, 0.25) is 0 Å². The number of carbonyl (C=O) groups is 1. The first-order valence-electron chi connectivity index (χ1n) is 9.53. The molecule has 0 aliphatic rings. The van der Waals surface area contributed by atoms with E-state index in [-0.39, 0.29) is 10.9 Å². The second-order valence-corrected chi connectivity index (χ2v) is 8.20. The van der Waals surface area contributed by atoms with E-state index >= 15 is 0 Å². The quantitative estimate of drug-likeness (QED) is 0.262. The molecule has 5 nitrogen and oxygen atoms in total. The van der Waals surface area contributed by atoms with E-state index in [2.05, 4.69) is 4.74 Å². The molecule has 3 aromatic carbocycles. The van der Waals surface area contributed by atoms with Crippen LogP contribution in [-0.4, -0.2) is 27.6 Å². The van der Waals surface area contributed by atoms with Crippen LogP contribution in [0.25, 0.3) is 27.7 Å². The van der Waals surface area contributed by atoms with Gasteiger partial charge in [-0.15, -0.1) is 13.2 Å². The van der Waals surface area contributed by atoms with Crippen molar-refractivity contribution < 1.29 is 32.5 Å². The highest BCUT2D eigenvalue weighted by molar-refractivity contribution is 6.35. The molecule has 11 heteroatoms. The summed E-state index contributed by atoms with van der Waals surface area (Å²) in [6.07, 6.45) is -4.88. The number of fused-ring (bicyclic) bond motifs is 1. The minimum Gasteiger partial charge on any atom is -0.478 e. The molecular formula is C23H13Cl3F3NO4. The van der Waals surface area contributed by atoms with Crippen molar-refractivity contribution in [3.63, 3.8) is 0 Å². The number of aliphatic carboxylic acids is 1. The summed E-state index contributed by atoms with van der Waals surface area (Å²) in [7, 11) is 0. The zero-order chi connectivity index (χ0) is 24.6. The third-order valence-electron chi connectivity index (χ3n) is 4.76. The number of carboxylic acid groups (broad SMARTS) is 1. The molecule has 0 amide bonds. The Bertz CT molecular complexity index is 1370. The molecule has 1 N–H and O–H groups in total. The highest BCUT2D eigenvalue weighted by Crippen LogP contribution is 2.42. The molecule has 4 rings (SSSR count). The van der Waals surface area contributed by atoms with Gasteiger partial charge in [0.05, 0.1) is 11.2 Å². The van der Waals surface area contributed by atoms with Gasteiger partial charge in [0.1, 0.15) is 16.7 Å². The van der Waals surface area contributed by atoms with Crippen molar-refractivity contribution in [1.29, 1.82) is 0 Å². The Morgan fingerprint density at radius 2 is 1.68 bits per heavy atom. The highest BCUT2D eigenvalue weighted by atomic mass is 35.5. The minimum absolute atomic E-state index is 0.119. The lowest BCUT2D eigenvalue weighted by atomic mass is 10.0. The number of nitrogens with zero attached hydrogens (tertiary/aromatic N) is 1. The van der Waals surface area contributed by atoms with Crippen molar-refractivity contribution >= 4 is 51.7 Å². The summed E-state index contributed by atoms with van der Waals surface area (Å²) in [6.45, 7) is 0. The number of hydrogen-bond donors (Lipinski definition) is 1. The molecule has 34 heavy (non-hydrogen) atoms. The lowest BCUT2D eigenvalue weighted by Gasteiger charge is -2.13. The summed E-state index contributed by atoms with van der Waals surface area (Å²) in [5, 5.41) is 10.2. The number of rotatable bonds is 6. The first-order chi connectivity index (χ1) is 16.0. The average molecular weight is 531 g/mol. The van der Waals surface area contributed by atoms with Gasteiger partial charge in [-0.1, -0.05) is 53.0 Å². The maximum atomic E-state index is 12.8. The fourth-order valence-electron chi connectivity index (χ4n) is 3.44. The normalized spacial score (nSPS) is 12.5. The number of aromatic nitrogens is 1. The van der Waals surface area contributed by atoms with E-state index in [1.54, 1.807) is 36.4 Å². The molecule has 0 saturated heterocycles. The molecule has 0 unspecified atom stereocenters. The van der Waals surface area contributed by atoms with E-state index in [1.807, 2.05) is 0 Å². The summed E-state index contributed by atoms with van der Waals surface area (Å²) in [5.74, 6) is -1.69. The molecule has 1 aromatic heterocycles. The molecule has 0 fully saturated rings. The Hall–Kier alpha value is -3.07. The second kappa shape index (κ2) is 9.29. The Kier molecular flexibility index (Phi) is 6.58. The molecule has 176 valence electrons. The van der Waals surface area contributed by atoms with Crippen LogP contribution in [0.4, 0.5) is 13.2 Å². The molecule has 0 aliphatic carbocycles. The molecule has 0 aliphatic heterocycles. The van der Waals surface area contributed by atoms with E-state index < -0.39 is 23.6 Å². The largest absolute Gasteiger partial charge is 0.573 e. The van der Waals surface area contributed by atoms with Crippen molar-refractivity contribution in [3.8, 4) is 28.3 Å². The number of alkyl halides is 4. The van der Waals surface area contributed by atoms with Crippen LogP contribution in [-0.2, 0) is 4.79 Å². The monoisotopic (exact) mass is 529 g/mol. The van der Waals surface area contributed by atoms with E-state index in [0.29, 0.717) is 32.7 Å². The summed E-state index contributed by atoms with van der Waals surface area (Å²) in [6, 6.07) is 16.8. The maximum absolute atomic E-state index is 12.8. The van der Waals surface area contributed by atoms with Crippen LogP contribution >= 0.6 is 34.8 Å². The van der Waals surface area contributed by atoms with Gasteiger partial charge < -0.3 is 14.6 Å². The standard InChI is InChI=1S/C23H13Cl3F3NO4/c24-13-6-4-12(5-7-13)19-17-9-8-16(34-23(27,28)29)11-18(17)30(20(19)25)14-2-1-3-15(10-14)33-21(26)22(31)32/h1-11,21H,(H,31,32)/t21-/m1/s1. The van der Waals surface area contributed by atoms with Crippen LogP contribution in [0.1, 0.15) is 0 Å². The number of halogens is 6. The summed E-state index contributed by atoms with van der Waals surface area (Å²) >= 11 is 18.4. The van der Waals surface area contributed by atoms with Crippen molar-refractivity contribution in [2.24, 2.45) is 0 Å². The lowest BCUT2D eigenvalue weighted by molar-refractivity contribution is -0.274. The Balaban J connectivity index is 1.93. The lowest BCUT2D eigenvalue weighted by Crippen LogP contribution is -2.20. The average Bonchev–Trinajstić information content (AvgIpc) is 3.04. The summed E-state index contributed by atoms with van der Waals surface area (Å²) in [5.41, 5.74) is 0.310. The van der Waals surface area contributed by atoms with Gasteiger partial charge in [0.15, 0.2) is 0 Å². The first kappa shape index (κ1) is 24.1. The molecule has 1 heterocycles. The second-order valence-electron chi connectivity index (χ2n) is 7.00. The van der Waals surface area contributed by atoms with Gasteiger partial charge >= 0.3 is 12.3 Å². The van der Waals surface area contributed by atoms with E-state index in [0.717, 1.165) is 0 Å². The Labute approximate surface area is 205 Å². The van der Waals surface area contributed by atoms with E-state index in [9.17, 15) is 18.0 Å². The van der Waals surface area contributed by atoms with E-state index in [4.69, 9.17) is 44.6 Å². The summed E-state index contributed by atoms with van der Waals surface area (Å²) in [4.78, 5) is 11.0. The molecule has 1 atom stereocenters. The fraction of sp³-hybridized carbons (Fsp3) is 0.0870. The number of ether oxygens (including phenoxy) is 2. The maximum Gasteiger partial charge on any atom is 0.573 e. The van der Waals surface area contributed by atoms with Crippen molar-refractivity contribution in [2.45, 2.75) is 11.9 Å². The minimum atomic E-state index is -4.88. The molecule has 0 bridgehead atoms. The van der Waals surface area contributed by atoms with Gasteiger partial charge in [-0.3, -0.25) is 4.57 Å². The third-order valence-corrected chi connectivity index (χ3v) is 5.64. The van der Waals surface area contributed by atoms with Gasteiger partial charge in [0, 0.05) is 28.1 Å².